The lowest BCUT2D eigenvalue weighted by Gasteiger charge is -2.27. The Bertz CT molecular complexity index is 314. The zero-order chi connectivity index (χ0) is 9.97. The monoisotopic (exact) mass is 197 g/mol. The second-order valence-corrected chi connectivity index (χ2v) is 3.64. The van der Waals surface area contributed by atoms with Gasteiger partial charge in [0.15, 0.2) is 0 Å². The number of nitrogens with one attached hydrogen (secondary N) is 1. The molecular weight excluding hydrogens is 184 g/mol. The molecule has 3 heteroatoms. The number of rotatable bonds is 1. The van der Waals surface area contributed by atoms with E-state index in [0.29, 0.717) is 25.1 Å². The molecule has 2 atom stereocenters. The molecule has 1 saturated heterocycles. The molecule has 1 aliphatic rings. The van der Waals surface area contributed by atoms with Crippen LogP contribution in [0.1, 0.15) is 17.9 Å². The van der Waals surface area contributed by atoms with E-state index >= 15 is 0 Å². The first-order valence-corrected chi connectivity index (χ1v) is 4.88. The number of hydrogen-bond acceptors (Lipinski definition) is 1. The zero-order valence-electron chi connectivity index (χ0n) is 7.84. The van der Waals surface area contributed by atoms with E-state index in [1.807, 2.05) is 0 Å². The van der Waals surface area contributed by atoms with Crippen molar-refractivity contribution in [2.24, 2.45) is 0 Å². The fraction of sp³-hybridized carbons (Fsp3) is 0.455. The summed E-state index contributed by atoms with van der Waals surface area (Å²) in [5, 5.41) is 3.08. The Kier molecular flexibility index (Phi) is 2.77. The first kappa shape index (κ1) is 9.59. The van der Waals surface area contributed by atoms with Gasteiger partial charge < -0.3 is 5.32 Å². The Labute approximate surface area is 82.1 Å². The SMILES string of the molecule is Fc1ccccc1C1CNCCC1F. The van der Waals surface area contributed by atoms with Gasteiger partial charge in [0.2, 0.25) is 0 Å². The number of halogens is 2. The molecule has 76 valence electrons. The molecule has 0 aliphatic carbocycles. The molecule has 0 saturated carbocycles. The van der Waals surface area contributed by atoms with Crippen LogP contribution >= 0.6 is 0 Å². The van der Waals surface area contributed by atoms with Gasteiger partial charge in [-0.2, -0.15) is 0 Å². The molecule has 1 N–H and O–H groups in total. The van der Waals surface area contributed by atoms with E-state index < -0.39 is 6.17 Å². The van der Waals surface area contributed by atoms with Gasteiger partial charge in [0.25, 0.3) is 0 Å². The molecule has 0 bridgehead atoms. The van der Waals surface area contributed by atoms with Crippen molar-refractivity contribution in [2.45, 2.75) is 18.5 Å². The molecule has 0 radical (unpaired) electrons. The standard InChI is InChI=1S/C11H13F2N/c12-10-4-2-1-3-8(10)9-7-14-6-5-11(9)13/h1-4,9,11,14H,5-7H2. The minimum atomic E-state index is -0.923. The van der Waals surface area contributed by atoms with E-state index in [2.05, 4.69) is 5.32 Å². The van der Waals surface area contributed by atoms with Crippen molar-refractivity contribution in [1.29, 1.82) is 0 Å². The van der Waals surface area contributed by atoms with Crippen LogP contribution in [0.2, 0.25) is 0 Å². The van der Waals surface area contributed by atoms with Gasteiger partial charge in [0.05, 0.1) is 0 Å². The lowest BCUT2D eigenvalue weighted by Crippen LogP contribution is -2.36. The van der Waals surface area contributed by atoms with Gasteiger partial charge in [-0.05, 0) is 24.6 Å². The van der Waals surface area contributed by atoms with Crippen LogP contribution in [-0.4, -0.2) is 19.3 Å². The minimum absolute atomic E-state index is 0.302. The summed E-state index contributed by atoms with van der Waals surface area (Å²) in [6.07, 6.45) is -0.452. The van der Waals surface area contributed by atoms with Gasteiger partial charge in [0.1, 0.15) is 12.0 Å². The van der Waals surface area contributed by atoms with Crippen LogP contribution < -0.4 is 5.32 Å². The molecule has 1 nitrogen and oxygen atoms in total. The summed E-state index contributed by atoms with van der Waals surface area (Å²) in [6, 6.07) is 6.43. The third-order valence-electron chi connectivity index (χ3n) is 2.70. The molecule has 1 aliphatic heterocycles. The summed E-state index contributed by atoms with van der Waals surface area (Å²) in [6.45, 7) is 1.22. The summed E-state index contributed by atoms with van der Waals surface area (Å²) in [4.78, 5) is 0. The van der Waals surface area contributed by atoms with Crippen LogP contribution in [0.15, 0.2) is 24.3 Å². The van der Waals surface area contributed by atoms with Crippen LogP contribution in [0.4, 0.5) is 8.78 Å². The Hall–Kier alpha value is -0.960. The molecule has 14 heavy (non-hydrogen) atoms. The Morgan fingerprint density at radius 3 is 2.79 bits per heavy atom. The van der Waals surface area contributed by atoms with Gasteiger partial charge in [-0.1, -0.05) is 18.2 Å². The normalized spacial score (nSPS) is 27.6. The number of hydrogen-bond donors (Lipinski definition) is 1. The quantitative estimate of drug-likeness (QED) is 0.728. The lowest BCUT2D eigenvalue weighted by molar-refractivity contribution is 0.225. The van der Waals surface area contributed by atoms with Crippen LogP contribution in [0.5, 0.6) is 0 Å². The van der Waals surface area contributed by atoms with E-state index in [4.69, 9.17) is 0 Å². The summed E-state index contributed by atoms with van der Waals surface area (Å²) >= 11 is 0. The second kappa shape index (κ2) is 4.05. The van der Waals surface area contributed by atoms with E-state index in [9.17, 15) is 8.78 Å². The van der Waals surface area contributed by atoms with Crippen LogP contribution in [0.3, 0.4) is 0 Å². The van der Waals surface area contributed by atoms with E-state index in [-0.39, 0.29) is 11.7 Å². The average molecular weight is 197 g/mol. The molecule has 2 rings (SSSR count). The van der Waals surface area contributed by atoms with Crippen molar-refractivity contribution in [2.75, 3.05) is 13.1 Å². The van der Waals surface area contributed by atoms with Gasteiger partial charge in [-0.25, -0.2) is 8.78 Å². The summed E-state index contributed by atoms with van der Waals surface area (Å²) in [5.74, 6) is -0.631. The molecule has 1 aromatic rings. The highest BCUT2D eigenvalue weighted by Gasteiger charge is 2.27. The first-order chi connectivity index (χ1) is 6.79. The largest absolute Gasteiger partial charge is 0.316 e. The fourth-order valence-electron chi connectivity index (χ4n) is 1.91. The second-order valence-electron chi connectivity index (χ2n) is 3.64. The van der Waals surface area contributed by atoms with Crippen molar-refractivity contribution < 1.29 is 8.78 Å². The van der Waals surface area contributed by atoms with Gasteiger partial charge in [0, 0.05) is 12.5 Å². The third kappa shape index (κ3) is 1.77. The van der Waals surface area contributed by atoms with Crippen LogP contribution in [0, 0.1) is 5.82 Å². The maximum atomic E-state index is 13.5. The Morgan fingerprint density at radius 1 is 1.29 bits per heavy atom. The molecular formula is C11H13F2N. The highest BCUT2D eigenvalue weighted by atomic mass is 19.1. The number of piperidine rings is 1. The molecule has 0 aromatic heterocycles. The molecule has 0 spiro atoms. The minimum Gasteiger partial charge on any atom is -0.316 e. The first-order valence-electron chi connectivity index (χ1n) is 4.88. The van der Waals surface area contributed by atoms with Crippen LogP contribution in [0.25, 0.3) is 0 Å². The van der Waals surface area contributed by atoms with E-state index in [1.165, 1.54) is 6.07 Å². The maximum absolute atomic E-state index is 13.5. The van der Waals surface area contributed by atoms with Crippen molar-refractivity contribution in [3.05, 3.63) is 35.6 Å². The smallest absolute Gasteiger partial charge is 0.126 e. The van der Waals surface area contributed by atoms with Crippen molar-refractivity contribution >= 4 is 0 Å². The van der Waals surface area contributed by atoms with Crippen molar-refractivity contribution in [3.63, 3.8) is 0 Å². The summed E-state index contributed by atoms with van der Waals surface area (Å²) in [7, 11) is 0. The number of benzene rings is 1. The summed E-state index contributed by atoms with van der Waals surface area (Å²) < 4.78 is 26.9. The maximum Gasteiger partial charge on any atom is 0.126 e. The predicted molar refractivity (Wildman–Crippen MR) is 51.5 cm³/mol. The summed E-state index contributed by atoms with van der Waals surface area (Å²) in [5.41, 5.74) is 0.493. The Balaban J connectivity index is 2.25. The highest BCUT2D eigenvalue weighted by molar-refractivity contribution is 5.23. The number of alkyl halides is 1. The van der Waals surface area contributed by atoms with Gasteiger partial charge >= 0.3 is 0 Å². The predicted octanol–water partition coefficient (Wildman–Crippen LogP) is 2.24. The van der Waals surface area contributed by atoms with E-state index in [1.54, 1.807) is 18.2 Å². The topological polar surface area (TPSA) is 12.0 Å². The molecule has 1 heterocycles. The van der Waals surface area contributed by atoms with E-state index in [0.717, 1.165) is 0 Å². The molecule has 0 amide bonds. The van der Waals surface area contributed by atoms with Gasteiger partial charge in [-0.15, -0.1) is 0 Å². The van der Waals surface area contributed by atoms with Gasteiger partial charge in [-0.3, -0.25) is 0 Å². The third-order valence-corrected chi connectivity index (χ3v) is 2.70. The molecule has 2 unspecified atom stereocenters. The van der Waals surface area contributed by atoms with Crippen LogP contribution in [-0.2, 0) is 0 Å². The average Bonchev–Trinajstić information content (AvgIpc) is 2.20. The van der Waals surface area contributed by atoms with Crippen molar-refractivity contribution in [1.82, 2.24) is 5.32 Å². The molecule has 1 aromatic carbocycles. The zero-order valence-corrected chi connectivity index (χ0v) is 7.84. The van der Waals surface area contributed by atoms with Crippen molar-refractivity contribution in [3.8, 4) is 0 Å². The highest BCUT2D eigenvalue weighted by Crippen LogP contribution is 2.27. The lowest BCUT2D eigenvalue weighted by atomic mass is 9.90. The fourth-order valence-corrected chi connectivity index (χ4v) is 1.91. The molecule has 1 fully saturated rings. The Morgan fingerprint density at radius 2 is 2.07 bits per heavy atom.